The molecule has 110 valence electrons. The number of aromatic nitrogens is 2. The van der Waals surface area contributed by atoms with Crippen LogP contribution in [0.3, 0.4) is 0 Å². The minimum Gasteiger partial charge on any atom is -0.494 e. The smallest absolute Gasteiger partial charge is 0.275 e. The molecule has 0 aliphatic rings. The topological polar surface area (TPSA) is 90.2 Å². The van der Waals surface area contributed by atoms with E-state index in [0.717, 1.165) is 6.42 Å². The lowest BCUT2D eigenvalue weighted by atomic mass is 10.2. The number of pyridine rings is 2. The maximum atomic E-state index is 11.1. The first kappa shape index (κ1) is 14.7. The minimum absolute atomic E-state index is 0.0358. The number of nitrogens with one attached hydrogen (secondary N) is 1. The normalized spacial score (nSPS) is 10.2. The van der Waals surface area contributed by atoms with E-state index in [1.165, 1.54) is 19.2 Å². The van der Waals surface area contributed by atoms with Gasteiger partial charge in [-0.05, 0) is 18.6 Å². The molecule has 2 aromatic rings. The van der Waals surface area contributed by atoms with Crippen LogP contribution in [-0.2, 0) is 0 Å². The van der Waals surface area contributed by atoms with Gasteiger partial charge >= 0.3 is 0 Å². The SMILES string of the molecule is CCCNc1cc([N+](=O)[O-])cc(-c2ncccc2OC)n1. The van der Waals surface area contributed by atoms with Gasteiger partial charge in [0.05, 0.1) is 18.1 Å². The van der Waals surface area contributed by atoms with Gasteiger partial charge in [0, 0.05) is 18.8 Å². The van der Waals surface area contributed by atoms with Crippen LogP contribution < -0.4 is 10.1 Å². The largest absolute Gasteiger partial charge is 0.494 e. The van der Waals surface area contributed by atoms with Gasteiger partial charge < -0.3 is 10.1 Å². The summed E-state index contributed by atoms with van der Waals surface area (Å²) in [4.78, 5) is 19.2. The molecule has 0 fully saturated rings. The Labute approximate surface area is 122 Å². The zero-order valence-corrected chi connectivity index (χ0v) is 11.9. The predicted octanol–water partition coefficient (Wildman–Crippen LogP) is 2.88. The third-order valence-corrected chi connectivity index (χ3v) is 2.81. The van der Waals surface area contributed by atoms with Crippen molar-refractivity contribution in [2.75, 3.05) is 19.0 Å². The summed E-state index contributed by atoms with van der Waals surface area (Å²) in [6.07, 6.45) is 2.49. The highest BCUT2D eigenvalue weighted by atomic mass is 16.6. The van der Waals surface area contributed by atoms with Crippen molar-refractivity contribution < 1.29 is 9.66 Å². The van der Waals surface area contributed by atoms with E-state index in [0.29, 0.717) is 29.5 Å². The van der Waals surface area contributed by atoms with Crippen molar-refractivity contribution in [3.05, 3.63) is 40.6 Å². The molecule has 0 aromatic carbocycles. The summed E-state index contributed by atoms with van der Waals surface area (Å²) < 4.78 is 5.23. The molecule has 0 spiro atoms. The highest BCUT2D eigenvalue weighted by molar-refractivity contribution is 5.67. The Morgan fingerprint density at radius 1 is 1.43 bits per heavy atom. The molecule has 7 nitrogen and oxygen atoms in total. The highest BCUT2D eigenvalue weighted by Crippen LogP contribution is 2.29. The van der Waals surface area contributed by atoms with Crippen molar-refractivity contribution in [3.8, 4) is 17.1 Å². The Morgan fingerprint density at radius 2 is 2.24 bits per heavy atom. The maximum absolute atomic E-state index is 11.1. The lowest BCUT2D eigenvalue weighted by molar-refractivity contribution is -0.384. The van der Waals surface area contributed by atoms with E-state index >= 15 is 0 Å². The molecule has 0 aliphatic carbocycles. The van der Waals surface area contributed by atoms with Gasteiger partial charge in [0.15, 0.2) is 0 Å². The summed E-state index contributed by atoms with van der Waals surface area (Å²) in [6, 6.07) is 6.27. The van der Waals surface area contributed by atoms with Crippen molar-refractivity contribution in [2.45, 2.75) is 13.3 Å². The fourth-order valence-electron chi connectivity index (χ4n) is 1.83. The molecule has 0 saturated carbocycles. The van der Waals surface area contributed by atoms with Crippen molar-refractivity contribution in [1.82, 2.24) is 9.97 Å². The summed E-state index contributed by atoms with van der Waals surface area (Å²) >= 11 is 0. The van der Waals surface area contributed by atoms with Gasteiger partial charge in [-0.25, -0.2) is 4.98 Å². The fraction of sp³-hybridized carbons (Fsp3) is 0.286. The molecule has 0 aliphatic heterocycles. The summed E-state index contributed by atoms with van der Waals surface area (Å²) in [6.45, 7) is 2.69. The van der Waals surface area contributed by atoms with Crippen LogP contribution in [0, 0.1) is 10.1 Å². The molecule has 0 atom stereocenters. The predicted molar refractivity (Wildman–Crippen MR) is 79.5 cm³/mol. The Morgan fingerprint density at radius 3 is 2.90 bits per heavy atom. The number of hydrogen-bond donors (Lipinski definition) is 1. The van der Waals surface area contributed by atoms with Crippen molar-refractivity contribution in [3.63, 3.8) is 0 Å². The highest BCUT2D eigenvalue weighted by Gasteiger charge is 2.15. The fourth-order valence-corrected chi connectivity index (χ4v) is 1.83. The second kappa shape index (κ2) is 6.65. The summed E-state index contributed by atoms with van der Waals surface area (Å²) in [5.41, 5.74) is 0.842. The lowest BCUT2D eigenvalue weighted by Gasteiger charge is -2.09. The molecule has 7 heteroatoms. The van der Waals surface area contributed by atoms with Gasteiger partial charge in [-0.1, -0.05) is 6.92 Å². The lowest BCUT2D eigenvalue weighted by Crippen LogP contribution is -2.04. The molecule has 0 radical (unpaired) electrons. The van der Waals surface area contributed by atoms with Crippen molar-refractivity contribution >= 4 is 11.5 Å². The van der Waals surface area contributed by atoms with E-state index < -0.39 is 4.92 Å². The quantitative estimate of drug-likeness (QED) is 0.649. The molecule has 2 aromatic heterocycles. The van der Waals surface area contributed by atoms with Crippen LogP contribution in [0.25, 0.3) is 11.4 Å². The molecular formula is C14H16N4O3. The molecule has 21 heavy (non-hydrogen) atoms. The first-order chi connectivity index (χ1) is 10.2. The molecule has 1 N–H and O–H groups in total. The monoisotopic (exact) mass is 288 g/mol. The van der Waals surface area contributed by atoms with E-state index in [9.17, 15) is 10.1 Å². The van der Waals surface area contributed by atoms with E-state index in [-0.39, 0.29) is 5.69 Å². The summed E-state index contributed by atoms with van der Waals surface area (Å²) in [5, 5.41) is 14.1. The number of nitro groups is 1. The summed E-state index contributed by atoms with van der Waals surface area (Å²) in [7, 11) is 1.52. The molecular weight excluding hydrogens is 272 g/mol. The molecule has 2 heterocycles. The zero-order chi connectivity index (χ0) is 15.2. The van der Waals surface area contributed by atoms with Crippen LogP contribution in [0.5, 0.6) is 5.75 Å². The number of hydrogen-bond acceptors (Lipinski definition) is 6. The van der Waals surface area contributed by atoms with Crippen LogP contribution in [-0.4, -0.2) is 28.5 Å². The zero-order valence-electron chi connectivity index (χ0n) is 11.9. The molecule has 0 amide bonds. The van der Waals surface area contributed by atoms with Crippen LogP contribution in [0.15, 0.2) is 30.5 Å². The van der Waals surface area contributed by atoms with Gasteiger partial charge in [-0.2, -0.15) is 0 Å². The van der Waals surface area contributed by atoms with Crippen molar-refractivity contribution in [2.24, 2.45) is 0 Å². The molecule has 0 unspecified atom stereocenters. The van der Waals surface area contributed by atoms with Crippen LogP contribution in [0.2, 0.25) is 0 Å². The molecule has 0 saturated heterocycles. The van der Waals surface area contributed by atoms with Crippen molar-refractivity contribution in [1.29, 1.82) is 0 Å². The van der Waals surface area contributed by atoms with Crippen LogP contribution in [0.4, 0.5) is 11.5 Å². The van der Waals surface area contributed by atoms with Gasteiger partial charge in [0.1, 0.15) is 23.0 Å². The van der Waals surface area contributed by atoms with E-state index in [2.05, 4.69) is 15.3 Å². The Bertz CT molecular complexity index is 646. The molecule has 0 bridgehead atoms. The Balaban J connectivity index is 2.51. The number of methoxy groups -OCH3 is 1. The van der Waals surface area contributed by atoms with Gasteiger partial charge in [-0.15, -0.1) is 0 Å². The minimum atomic E-state index is -0.447. The average Bonchev–Trinajstić information content (AvgIpc) is 2.52. The number of rotatable bonds is 6. The van der Waals surface area contributed by atoms with Gasteiger partial charge in [-0.3, -0.25) is 15.1 Å². The average molecular weight is 288 g/mol. The van der Waals surface area contributed by atoms with E-state index in [1.54, 1.807) is 18.3 Å². The second-order valence-electron chi connectivity index (χ2n) is 4.33. The van der Waals surface area contributed by atoms with Gasteiger partial charge in [0.25, 0.3) is 5.69 Å². The third kappa shape index (κ3) is 3.44. The first-order valence-electron chi connectivity index (χ1n) is 6.55. The Hall–Kier alpha value is -2.70. The first-order valence-corrected chi connectivity index (χ1v) is 6.55. The number of nitrogens with zero attached hydrogens (tertiary/aromatic N) is 3. The number of ether oxygens (including phenoxy) is 1. The van der Waals surface area contributed by atoms with Crippen LogP contribution in [0.1, 0.15) is 13.3 Å². The van der Waals surface area contributed by atoms with Crippen LogP contribution >= 0.6 is 0 Å². The number of anilines is 1. The maximum Gasteiger partial charge on any atom is 0.275 e. The summed E-state index contributed by atoms with van der Waals surface area (Å²) in [5.74, 6) is 0.973. The van der Waals surface area contributed by atoms with E-state index in [1.807, 2.05) is 6.92 Å². The standard InChI is InChI=1S/C14H16N4O3/c1-3-6-15-13-9-10(18(19)20)8-11(17-13)14-12(21-2)5-4-7-16-14/h4-5,7-9H,3,6H2,1-2H3,(H,15,17). The second-order valence-corrected chi connectivity index (χ2v) is 4.33. The Kier molecular flexibility index (Phi) is 4.65. The van der Waals surface area contributed by atoms with E-state index in [4.69, 9.17) is 4.74 Å². The van der Waals surface area contributed by atoms with Gasteiger partial charge in [0.2, 0.25) is 0 Å². The third-order valence-electron chi connectivity index (χ3n) is 2.81. The molecule has 2 rings (SSSR count).